The molecule has 96 valence electrons. The molecule has 0 bridgehead atoms. The summed E-state index contributed by atoms with van der Waals surface area (Å²) < 4.78 is 5.35. The molecular formula is C14H24N2O. The third-order valence-corrected chi connectivity index (χ3v) is 3.04. The molecule has 0 amide bonds. The second kappa shape index (κ2) is 8.07. The van der Waals surface area contributed by atoms with Crippen molar-refractivity contribution < 1.29 is 4.74 Å². The van der Waals surface area contributed by atoms with Crippen LogP contribution < -0.4 is 10.1 Å². The molecule has 1 aromatic rings. The zero-order chi connectivity index (χ0) is 12.5. The molecule has 17 heavy (non-hydrogen) atoms. The predicted molar refractivity (Wildman–Crippen MR) is 71.3 cm³/mol. The molecule has 0 saturated heterocycles. The highest BCUT2D eigenvalue weighted by molar-refractivity contribution is 5.29. The molecular weight excluding hydrogens is 212 g/mol. The molecule has 0 aliphatic carbocycles. The minimum absolute atomic E-state index is 0.294. The van der Waals surface area contributed by atoms with Crippen LogP contribution in [-0.4, -0.2) is 19.1 Å². The van der Waals surface area contributed by atoms with Crippen LogP contribution in [0.15, 0.2) is 18.3 Å². The van der Waals surface area contributed by atoms with Gasteiger partial charge in [0.25, 0.3) is 0 Å². The van der Waals surface area contributed by atoms with Crippen LogP contribution in [-0.2, 0) is 0 Å². The Hall–Kier alpha value is -1.09. The fraction of sp³-hybridized carbons (Fsp3) is 0.643. The van der Waals surface area contributed by atoms with E-state index in [0.29, 0.717) is 6.04 Å². The Morgan fingerprint density at radius 3 is 2.82 bits per heavy atom. The number of ether oxygens (including phenoxy) is 1. The molecule has 0 saturated carbocycles. The van der Waals surface area contributed by atoms with Crippen molar-refractivity contribution in [3.8, 4) is 5.75 Å². The van der Waals surface area contributed by atoms with E-state index in [-0.39, 0.29) is 0 Å². The first-order valence-corrected chi connectivity index (χ1v) is 6.49. The van der Waals surface area contributed by atoms with Crippen molar-refractivity contribution in [2.24, 2.45) is 0 Å². The van der Waals surface area contributed by atoms with E-state index in [4.69, 9.17) is 4.74 Å². The van der Waals surface area contributed by atoms with Gasteiger partial charge in [0, 0.05) is 6.20 Å². The first-order valence-electron chi connectivity index (χ1n) is 6.49. The van der Waals surface area contributed by atoms with Crippen LogP contribution >= 0.6 is 0 Å². The zero-order valence-corrected chi connectivity index (χ0v) is 11.2. The minimum atomic E-state index is 0.294. The summed E-state index contributed by atoms with van der Waals surface area (Å²) in [6.45, 7) is 2.23. The highest BCUT2D eigenvalue weighted by atomic mass is 16.5. The van der Waals surface area contributed by atoms with Crippen LogP contribution in [0.3, 0.4) is 0 Å². The number of rotatable bonds is 8. The summed E-state index contributed by atoms with van der Waals surface area (Å²) >= 11 is 0. The molecule has 0 spiro atoms. The quantitative estimate of drug-likeness (QED) is 0.703. The Kier molecular flexibility index (Phi) is 6.63. The molecule has 1 rings (SSSR count). The van der Waals surface area contributed by atoms with Gasteiger partial charge < -0.3 is 10.1 Å². The third-order valence-electron chi connectivity index (χ3n) is 3.04. The predicted octanol–water partition coefficient (Wildman–Crippen LogP) is 3.32. The number of methoxy groups -OCH3 is 1. The lowest BCUT2D eigenvalue weighted by atomic mass is 10.0. The van der Waals surface area contributed by atoms with Crippen LogP contribution in [0, 0.1) is 0 Å². The van der Waals surface area contributed by atoms with Gasteiger partial charge >= 0.3 is 0 Å². The lowest BCUT2D eigenvalue weighted by Crippen LogP contribution is -2.18. The molecule has 3 nitrogen and oxygen atoms in total. The smallest absolute Gasteiger partial charge is 0.141 e. The lowest BCUT2D eigenvalue weighted by Gasteiger charge is -2.17. The van der Waals surface area contributed by atoms with Crippen LogP contribution in [0.25, 0.3) is 0 Å². The summed E-state index contributed by atoms with van der Waals surface area (Å²) in [5, 5.41) is 3.33. The van der Waals surface area contributed by atoms with Gasteiger partial charge in [-0.1, -0.05) is 32.6 Å². The van der Waals surface area contributed by atoms with Crippen molar-refractivity contribution in [2.45, 2.75) is 45.1 Å². The number of unbranched alkanes of at least 4 members (excludes halogenated alkanes) is 3. The van der Waals surface area contributed by atoms with E-state index < -0.39 is 0 Å². The average molecular weight is 236 g/mol. The molecule has 1 atom stereocenters. The monoisotopic (exact) mass is 236 g/mol. The topological polar surface area (TPSA) is 34.2 Å². The van der Waals surface area contributed by atoms with Gasteiger partial charge in [0.1, 0.15) is 5.75 Å². The maximum atomic E-state index is 5.35. The van der Waals surface area contributed by atoms with Crippen molar-refractivity contribution in [3.05, 3.63) is 24.0 Å². The molecule has 1 heterocycles. The van der Waals surface area contributed by atoms with Crippen molar-refractivity contribution in [1.29, 1.82) is 0 Å². The third kappa shape index (κ3) is 4.35. The fourth-order valence-electron chi connectivity index (χ4n) is 2.03. The molecule has 0 aromatic carbocycles. The second-order valence-corrected chi connectivity index (χ2v) is 4.28. The van der Waals surface area contributed by atoms with Crippen molar-refractivity contribution >= 4 is 0 Å². The van der Waals surface area contributed by atoms with Crippen molar-refractivity contribution in [1.82, 2.24) is 10.3 Å². The first-order chi connectivity index (χ1) is 8.33. The molecule has 3 heteroatoms. The van der Waals surface area contributed by atoms with Crippen LogP contribution in [0.4, 0.5) is 0 Å². The Bertz CT molecular complexity index is 315. The second-order valence-electron chi connectivity index (χ2n) is 4.28. The normalized spacial score (nSPS) is 12.4. The molecule has 1 unspecified atom stereocenters. The van der Waals surface area contributed by atoms with E-state index in [1.165, 1.54) is 25.7 Å². The maximum Gasteiger partial charge on any atom is 0.141 e. The van der Waals surface area contributed by atoms with Crippen molar-refractivity contribution in [2.75, 3.05) is 14.2 Å². The van der Waals surface area contributed by atoms with E-state index in [9.17, 15) is 0 Å². The van der Waals surface area contributed by atoms with Gasteiger partial charge in [0.05, 0.1) is 18.8 Å². The van der Waals surface area contributed by atoms with Gasteiger partial charge in [-0.05, 0) is 25.6 Å². The Morgan fingerprint density at radius 2 is 2.18 bits per heavy atom. The molecule has 0 aliphatic heterocycles. The fourth-order valence-corrected chi connectivity index (χ4v) is 2.03. The van der Waals surface area contributed by atoms with Crippen LogP contribution in [0.5, 0.6) is 5.75 Å². The summed E-state index contributed by atoms with van der Waals surface area (Å²) in [6, 6.07) is 4.17. The summed E-state index contributed by atoms with van der Waals surface area (Å²) in [7, 11) is 3.68. The highest BCUT2D eigenvalue weighted by Gasteiger charge is 2.14. The van der Waals surface area contributed by atoms with E-state index >= 15 is 0 Å². The largest absolute Gasteiger partial charge is 0.495 e. The van der Waals surface area contributed by atoms with Crippen molar-refractivity contribution in [3.63, 3.8) is 0 Å². The Morgan fingerprint density at radius 1 is 1.35 bits per heavy atom. The average Bonchev–Trinajstić information content (AvgIpc) is 2.39. The molecule has 0 radical (unpaired) electrons. The van der Waals surface area contributed by atoms with E-state index in [0.717, 1.165) is 17.9 Å². The summed E-state index contributed by atoms with van der Waals surface area (Å²) in [4.78, 5) is 4.43. The van der Waals surface area contributed by atoms with Gasteiger partial charge in [-0.15, -0.1) is 0 Å². The number of hydrogen-bond acceptors (Lipinski definition) is 3. The molecule has 1 aromatic heterocycles. The van der Waals surface area contributed by atoms with Gasteiger partial charge in [-0.2, -0.15) is 0 Å². The number of aromatic nitrogens is 1. The molecule has 0 fully saturated rings. The van der Waals surface area contributed by atoms with Gasteiger partial charge in [-0.25, -0.2) is 0 Å². The van der Waals surface area contributed by atoms with E-state index in [2.05, 4.69) is 17.2 Å². The summed E-state index contributed by atoms with van der Waals surface area (Å²) in [5.74, 6) is 0.877. The standard InChI is InChI=1S/C14H24N2O/c1-4-5-6-7-9-12(15-2)14-13(17-3)10-8-11-16-14/h8,10-12,15H,4-7,9H2,1-3H3. The summed E-state index contributed by atoms with van der Waals surface area (Å²) in [6.07, 6.45) is 8.06. The van der Waals surface area contributed by atoms with Gasteiger partial charge in [0.15, 0.2) is 0 Å². The number of nitrogens with one attached hydrogen (secondary N) is 1. The van der Waals surface area contributed by atoms with Crippen LogP contribution in [0.2, 0.25) is 0 Å². The SMILES string of the molecule is CCCCCCC(NC)c1ncccc1OC. The minimum Gasteiger partial charge on any atom is -0.495 e. The van der Waals surface area contributed by atoms with Gasteiger partial charge in [0.2, 0.25) is 0 Å². The zero-order valence-electron chi connectivity index (χ0n) is 11.2. The Labute approximate surface area is 105 Å². The number of nitrogens with zero attached hydrogens (tertiary/aromatic N) is 1. The Balaban J connectivity index is 2.59. The van der Waals surface area contributed by atoms with Crippen LogP contribution in [0.1, 0.15) is 50.8 Å². The van der Waals surface area contributed by atoms with E-state index in [1.807, 2.05) is 25.4 Å². The summed E-state index contributed by atoms with van der Waals surface area (Å²) in [5.41, 5.74) is 1.02. The maximum absolute atomic E-state index is 5.35. The van der Waals surface area contributed by atoms with E-state index in [1.54, 1.807) is 7.11 Å². The highest BCUT2D eigenvalue weighted by Crippen LogP contribution is 2.25. The molecule has 0 aliphatic rings. The number of hydrogen-bond donors (Lipinski definition) is 1. The molecule has 1 N–H and O–H groups in total. The van der Waals surface area contributed by atoms with Gasteiger partial charge in [-0.3, -0.25) is 4.98 Å². The number of pyridine rings is 1. The lowest BCUT2D eigenvalue weighted by molar-refractivity contribution is 0.391. The first kappa shape index (κ1) is 14.0.